The van der Waals surface area contributed by atoms with E-state index in [0.717, 1.165) is 56.2 Å². The molecule has 0 saturated carbocycles. The Hall–Kier alpha value is -2.56. The summed E-state index contributed by atoms with van der Waals surface area (Å²) in [5.74, 6) is 0.143. The maximum Gasteiger partial charge on any atom is 0.253 e. The Morgan fingerprint density at radius 2 is 1.33 bits per heavy atom. The van der Waals surface area contributed by atoms with Crippen molar-refractivity contribution in [2.24, 2.45) is 0 Å². The van der Waals surface area contributed by atoms with Gasteiger partial charge in [-0.2, -0.15) is 0 Å². The van der Waals surface area contributed by atoms with Crippen LogP contribution in [0.2, 0.25) is 0 Å². The van der Waals surface area contributed by atoms with Crippen LogP contribution >= 0.6 is 0 Å². The largest absolute Gasteiger partial charge is 0.372 e. The van der Waals surface area contributed by atoms with E-state index in [4.69, 9.17) is 0 Å². The Kier molecular flexibility index (Phi) is 5.01. The normalized spacial score (nSPS) is 17.5. The molecule has 0 bridgehead atoms. The van der Waals surface area contributed by atoms with E-state index in [1.807, 2.05) is 30.9 Å². The fraction of sp³-hybridized carbons (Fsp3) is 0.455. The summed E-state index contributed by atoms with van der Waals surface area (Å²) in [5, 5.41) is 0. The number of rotatable bonds is 3. The number of anilines is 2. The molecule has 2 saturated heterocycles. The molecule has 2 aliphatic rings. The summed E-state index contributed by atoms with van der Waals surface area (Å²) in [6, 6.07) is 12.4. The Bertz CT molecular complexity index is 783. The molecule has 0 radical (unpaired) electrons. The van der Waals surface area contributed by atoms with Gasteiger partial charge in [0.15, 0.2) is 0 Å². The van der Waals surface area contributed by atoms with E-state index < -0.39 is 0 Å². The van der Waals surface area contributed by atoms with Gasteiger partial charge in [-0.15, -0.1) is 0 Å². The van der Waals surface area contributed by atoms with Gasteiger partial charge in [0.1, 0.15) is 0 Å². The van der Waals surface area contributed by atoms with E-state index in [2.05, 4.69) is 39.0 Å². The second-order valence-corrected chi connectivity index (χ2v) is 7.63. The van der Waals surface area contributed by atoms with E-state index >= 15 is 0 Å². The van der Waals surface area contributed by atoms with Crippen molar-refractivity contribution in [3.05, 3.63) is 53.3 Å². The molecule has 0 N–H and O–H groups in total. The minimum atomic E-state index is 0.143. The van der Waals surface area contributed by atoms with Crippen LogP contribution in [0, 0.1) is 13.8 Å². The first-order chi connectivity index (χ1) is 13.1. The van der Waals surface area contributed by atoms with Crippen molar-refractivity contribution < 1.29 is 4.79 Å². The summed E-state index contributed by atoms with van der Waals surface area (Å²) in [7, 11) is 0. The molecule has 2 aliphatic heterocycles. The van der Waals surface area contributed by atoms with Crippen LogP contribution in [0.25, 0.3) is 0 Å². The standard InChI is InChI=1S/C22H28N4O/c1-17-15-21(16-18(2)23-17)25-11-13-26(14-12-25)22(27)19-5-7-20(8-6-19)24-9-3-4-10-24/h5-8,15-16H,3-4,9-14H2,1-2H3. The highest BCUT2D eigenvalue weighted by Crippen LogP contribution is 2.22. The number of pyridine rings is 1. The van der Waals surface area contributed by atoms with Crippen LogP contribution in [0.4, 0.5) is 11.4 Å². The molecule has 1 aromatic heterocycles. The van der Waals surface area contributed by atoms with Crippen LogP contribution in [0.1, 0.15) is 34.6 Å². The van der Waals surface area contributed by atoms with Crippen molar-refractivity contribution in [2.45, 2.75) is 26.7 Å². The van der Waals surface area contributed by atoms with Gasteiger partial charge in [0.2, 0.25) is 0 Å². The third kappa shape index (κ3) is 3.92. The number of carbonyl (C=O) groups is 1. The summed E-state index contributed by atoms with van der Waals surface area (Å²) in [5.41, 5.74) is 5.32. The Morgan fingerprint density at radius 3 is 1.93 bits per heavy atom. The number of piperazine rings is 1. The quantitative estimate of drug-likeness (QED) is 0.838. The highest BCUT2D eigenvalue weighted by Gasteiger charge is 2.23. The molecule has 2 fully saturated rings. The fourth-order valence-corrected chi connectivity index (χ4v) is 4.14. The summed E-state index contributed by atoms with van der Waals surface area (Å²) in [6.07, 6.45) is 2.53. The van der Waals surface area contributed by atoms with E-state index in [9.17, 15) is 4.79 Å². The van der Waals surface area contributed by atoms with Crippen LogP contribution in [0.15, 0.2) is 36.4 Å². The second-order valence-electron chi connectivity index (χ2n) is 7.63. The molecule has 0 atom stereocenters. The molecule has 2 aromatic rings. The zero-order valence-corrected chi connectivity index (χ0v) is 16.3. The zero-order chi connectivity index (χ0) is 18.8. The van der Waals surface area contributed by atoms with Gasteiger partial charge in [-0.3, -0.25) is 9.78 Å². The summed E-state index contributed by atoms with van der Waals surface area (Å²) in [6.45, 7) is 9.55. The maximum absolute atomic E-state index is 12.9. The molecule has 0 unspecified atom stereocenters. The third-order valence-corrected chi connectivity index (χ3v) is 5.58. The first-order valence-electron chi connectivity index (χ1n) is 9.95. The summed E-state index contributed by atoms with van der Waals surface area (Å²) < 4.78 is 0. The lowest BCUT2D eigenvalue weighted by atomic mass is 10.1. The topological polar surface area (TPSA) is 39.7 Å². The smallest absolute Gasteiger partial charge is 0.253 e. The van der Waals surface area contributed by atoms with Crippen molar-refractivity contribution in [3.8, 4) is 0 Å². The Balaban J connectivity index is 1.38. The molecule has 1 aromatic carbocycles. The van der Waals surface area contributed by atoms with E-state index in [1.54, 1.807) is 0 Å². The maximum atomic E-state index is 12.9. The van der Waals surface area contributed by atoms with Crippen LogP contribution in [-0.2, 0) is 0 Å². The molecule has 4 rings (SSSR count). The predicted octanol–water partition coefficient (Wildman–Crippen LogP) is 3.26. The molecule has 1 amide bonds. The number of aryl methyl sites for hydroxylation is 2. The van der Waals surface area contributed by atoms with Crippen LogP contribution in [-0.4, -0.2) is 55.1 Å². The zero-order valence-electron chi connectivity index (χ0n) is 16.3. The van der Waals surface area contributed by atoms with Gasteiger partial charge in [0, 0.05) is 67.6 Å². The lowest BCUT2D eigenvalue weighted by Gasteiger charge is -2.36. The average molecular weight is 364 g/mol. The monoisotopic (exact) mass is 364 g/mol. The van der Waals surface area contributed by atoms with E-state index in [0.29, 0.717) is 0 Å². The molecule has 0 spiro atoms. The van der Waals surface area contributed by atoms with Gasteiger partial charge in [-0.1, -0.05) is 0 Å². The van der Waals surface area contributed by atoms with Gasteiger partial charge in [0.25, 0.3) is 5.91 Å². The van der Waals surface area contributed by atoms with Crippen LogP contribution in [0.3, 0.4) is 0 Å². The minimum absolute atomic E-state index is 0.143. The number of benzene rings is 1. The number of hydrogen-bond acceptors (Lipinski definition) is 4. The average Bonchev–Trinajstić information content (AvgIpc) is 3.22. The molecule has 5 heteroatoms. The van der Waals surface area contributed by atoms with Crippen molar-refractivity contribution in [3.63, 3.8) is 0 Å². The van der Waals surface area contributed by atoms with Gasteiger partial charge in [0.05, 0.1) is 0 Å². The highest BCUT2D eigenvalue weighted by molar-refractivity contribution is 5.94. The SMILES string of the molecule is Cc1cc(N2CCN(C(=O)c3ccc(N4CCCC4)cc3)CC2)cc(C)n1. The Labute approximate surface area is 161 Å². The fourth-order valence-electron chi connectivity index (χ4n) is 4.14. The molecule has 0 aliphatic carbocycles. The first kappa shape index (κ1) is 17.8. The van der Waals surface area contributed by atoms with Crippen molar-refractivity contribution >= 4 is 17.3 Å². The van der Waals surface area contributed by atoms with Gasteiger partial charge < -0.3 is 14.7 Å². The summed E-state index contributed by atoms with van der Waals surface area (Å²) >= 11 is 0. The van der Waals surface area contributed by atoms with Crippen molar-refractivity contribution in [1.29, 1.82) is 0 Å². The third-order valence-electron chi connectivity index (χ3n) is 5.58. The number of hydrogen-bond donors (Lipinski definition) is 0. The molecule has 3 heterocycles. The minimum Gasteiger partial charge on any atom is -0.372 e. The molecule has 142 valence electrons. The highest BCUT2D eigenvalue weighted by atomic mass is 16.2. The first-order valence-corrected chi connectivity index (χ1v) is 9.95. The van der Waals surface area contributed by atoms with E-state index in [1.165, 1.54) is 24.2 Å². The number of amides is 1. The van der Waals surface area contributed by atoms with Gasteiger partial charge >= 0.3 is 0 Å². The van der Waals surface area contributed by atoms with Crippen molar-refractivity contribution in [2.75, 3.05) is 49.1 Å². The predicted molar refractivity (Wildman–Crippen MR) is 110 cm³/mol. The van der Waals surface area contributed by atoms with Crippen LogP contribution < -0.4 is 9.80 Å². The Morgan fingerprint density at radius 1 is 0.778 bits per heavy atom. The molecular formula is C22H28N4O. The van der Waals surface area contributed by atoms with Gasteiger partial charge in [-0.05, 0) is 63.1 Å². The molecular weight excluding hydrogens is 336 g/mol. The lowest BCUT2D eigenvalue weighted by Crippen LogP contribution is -2.48. The number of nitrogens with zero attached hydrogens (tertiary/aromatic N) is 4. The van der Waals surface area contributed by atoms with Crippen molar-refractivity contribution in [1.82, 2.24) is 9.88 Å². The number of aromatic nitrogens is 1. The van der Waals surface area contributed by atoms with Crippen LogP contribution in [0.5, 0.6) is 0 Å². The van der Waals surface area contributed by atoms with Gasteiger partial charge in [-0.25, -0.2) is 0 Å². The lowest BCUT2D eigenvalue weighted by molar-refractivity contribution is 0.0747. The van der Waals surface area contributed by atoms with E-state index in [-0.39, 0.29) is 5.91 Å². The second kappa shape index (κ2) is 7.59. The molecule has 27 heavy (non-hydrogen) atoms. The molecule has 5 nitrogen and oxygen atoms in total. The summed E-state index contributed by atoms with van der Waals surface area (Å²) in [4.78, 5) is 24.0. The number of carbonyl (C=O) groups excluding carboxylic acids is 1.